The van der Waals surface area contributed by atoms with E-state index in [0.717, 1.165) is 37.9 Å². The van der Waals surface area contributed by atoms with Crippen LogP contribution in [0, 0.1) is 0 Å². The molecule has 10 heteroatoms. The van der Waals surface area contributed by atoms with E-state index in [1.54, 1.807) is 5.38 Å². The molecule has 3 heterocycles. The van der Waals surface area contributed by atoms with Gasteiger partial charge in [-0.15, -0.1) is 11.3 Å². The summed E-state index contributed by atoms with van der Waals surface area (Å²) in [6.07, 6.45) is 5.33. The zero-order valence-electron chi connectivity index (χ0n) is 20.0. The monoisotopic (exact) mass is 516 g/mol. The fourth-order valence-corrected chi connectivity index (χ4v) is 6.18. The van der Waals surface area contributed by atoms with Crippen LogP contribution in [0.4, 0.5) is 10.8 Å². The van der Waals surface area contributed by atoms with E-state index in [-0.39, 0.29) is 11.8 Å². The van der Waals surface area contributed by atoms with E-state index in [1.165, 1.54) is 37.0 Å². The lowest BCUT2D eigenvalue weighted by atomic mass is 10.2. The van der Waals surface area contributed by atoms with Crippen molar-refractivity contribution < 1.29 is 9.59 Å². The molecule has 3 aliphatic rings. The summed E-state index contributed by atoms with van der Waals surface area (Å²) in [4.78, 5) is 38.9. The molecule has 8 nitrogen and oxygen atoms in total. The Balaban J connectivity index is 1.06. The Morgan fingerprint density at radius 1 is 1.00 bits per heavy atom. The average molecular weight is 517 g/mol. The van der Waals surface area contributed by atoms with Crippen molar-refractivity contribution in [3.63, 3.8) is 0 Å². The van der Waals surface area contributed by atoms with E-state index < -0.39 is 0 Å². The molecule has 0 atom stereocenters. The number of hydrogen-bond donors (Lipinski definition) is 1. The minimum Gasteiger partial charge on any atom is -0.339 e. The van der Waals surface area contributed by atoms with Gasteiger partial charge in [0, 0.05) is 74.5 Å². The second-order valence-corrected chi connectivity index (χ2v) is 10.9. The van der Waals surface area contributed by atoms with E-state index in [2.05, 4.69) is 20.1 Å². The second kappa shape index (κ2) is 11.2. The Morgan fingerprint density at radius 3 is 2.43 bits per heavy atom. The maximum absolute atomic E-state index is 13.0. The van der Waals surface area contributed by atoms with Gasteiger partial charge in [0.15, 0.2) is 5.13 Å². The van der Waals surface area contributed by atoms with Crippen LogP contribution in [0.2, 0.25) is 5.02 Å². The van der Waals surface area contributed by atoms with E-state index in [9.17, 15) is 9.59 Å². The molecule has 3 fully saturated rings. The zero-order valence-corrected chi connectivity index (χ0v) is 21.6. The van der Waals surface area contributed by atoms with Gasteiger partial charge in [-0.05, 0) is 31.0 Å². The van der Waals surface area contributed by atoms with Crippen LogP contribution in [0.25, 0.3) is 0 Å². The normalized spacial score (nSPS) is 20.4. The minimum atomic E-state index is -0.0607. The quantitative estimate of drug-likeness (QED) is 0.634. The lowest BCUT2D eigenvalue weighted by Gasteiger charge is -2.39. The fourth-order valence-electron chi connectivity index (χ4n) is 5.29. The number of nitrogens with one attached hydrogen (secondary N) is 1. The number of piperazine rings is 2. The van der Waals surface area contributed by atoms with Gasteiger partial charge in [-0.3, -0.25) is 19.4 Å². The highest BCUT2D eigenvalue weighted by molar-refractivity contribution is 7.14. The van der Waals surface area contributed by atoms with Crippen LogP contribution in [0.5, 0.6) is 0 Å². The summed E-state index contributed by atoms with van der Waals surface area (Å²) < 4.78 is 0. The lowest BCUT2D eigenvalue weighted by Crippen LogP contribution is -2.55. The number of rotatable bonds is 6. The van der Waals surface area contributed by atoms with E-state index >= 15 is 0 Å². The molecule has 0 spiro atoms. The van der Waals surface area contributed by atoms with Gasteiger partial charge in [-0.25, -0.2) is 4.98 Å². The number of benzene rings is 1. The van der Waals surface area contributed by atoms with Crippen molar-refractivity contribution in [3.8, 4) is 0 Å². The highest BCUT2D eigenvalue weighted by Crippen LogP contribution is 2.25. The van der Waals surface area contributed by atoms with Gasteiger partial charge in [0.1, 0.15) is 5.69 Å². The Morgan fingerprint density at radius 2 is 1.71 bits per heavy atom. The van der Waals surface area contributed by atoms with Crippen molar-refractivity contribution in [2.45, 2.75) is 31.7 Å². The van der Waals surface area contributed by atoms with Crippen LogP contribution < -0.4 is 5.32 Å². The van der Waals surface area contributed by atoms with Gasteiger partial charge in [0.05, 0.1) is 6.54 Å². The summed E-state index contributed by atoms with van der Waals surface area (Å²) in [5, 5.41) is 6.29. The number of nitrogens with zero attached hydrogens (tertiary/aromatic N) is 5. The summed E-state index contributed by atoms with van der Waals surface area (Å²) in [5.41, 5.74) is 1.29. The van der Waals surface area contributed by atoms with Crippen LogP contribution in [0.1, 0.15) is 36.2 Å². The maximum atomic E-state index is 13.0. The van der Waals surface area contributed by atoms with Crippen molar-refractivity contribution >= 4 is 45.6 Å². The number of hydrogen-bond acceptors (Lipinski definition) is 7. The van der Waals surface area contributed by atoms with Crippen molar-refractivity contribution in [1.82, 2.24) is 24.6 Å². The molecule has 0 bridgehead atoms. The average Bonchev–Trinajstić information content (AvgIpc) is 3.57. The van der Waals surface area contributed by atoms with E-state index in [1.807, 2.05) is 34.1 Å². The molecule has 2 saturated heterocycles. The van der Waals surface area contributed by atoms with Crippen LogP contribution in [0.3, 0.4) is 0 Å². The van der Waals surface area contributed by atoms with E-state index in [0.29, 0.717) is 48.6 Å². The Hall–Kier alpha value is -2.20. The highest BCUT2D eigenvalue weighted by atomic mass is 35.5. The van der Waals surface area contributed by atoms with Crippen LogP contribution in [0.15, 0.2) is 29.6 Å². The number of halogens is 1. The molecule has 35 heavy (non-hydrogen) atoms. The molecule has 2 amide bonds. The fraction of sp³-hybridized carbons (Fsp3) is 0.560. The third-order valence-electron chi connectivity index (χ3n) is 7.33. The SMILES string of the molecule is O=C(CN1CCN(C(=O)c2csc(Nc3cccc(Cl)c3)n2)CC1)N1CCN(C2CCCC2)CC1. The predicted molar refractivity (Wildman–Crippen MR) is 140 cm³/mol. The van der Waals surface area contributed by atoms with Gasteiger partial charge >= 0.3 is 0 Å². The van der Waals surface area contributed by atoms with Gasteiger partial charge in [0.2, 0.25) is 5.91 Å². The minimum absolute atomic E-state index is 0.0607. The molecule has 188 valence electrons. The topological polar surface area (TPSA) is 72.0 Å². The molecule has 1 aromatic carbocycles. The smallest absolute Gasteiger partial charge is 0.273 e. The van der Waals surface area contributed by atoms with Crippen LogP contribution in [-0.2, 0) is 4.79 Å². The van der Waals surface area contributed by atoms with Crippen LogP contribution >= 0.6 is 22.9 Å². The number of carbonyl (C=O) groups excluding carboxylic acids is 2. The molecule has 2 aliphatic heterocycles. The molecule has 1 aromatic heterocycles. The van der Waals surface area contributed by atoms with E-state index in [4.69, 9.17) is 11.6 Å². The number of amides is 2. The van der Waals surface area contributed by atoms with Gasteiger partial charge in [-0.1, -0.05) is 30.5 Å². The standard InChI is InChI=1S/C25H33ClN6O2S/c26-19-4-3-5-20(16-19)27-25-28-22(18-35-25)24(34)32-10-8-29(9-11-32)17-23(33)31-14-12-30(13-15-31)21-6-1-2-7-21/h3-5,16,18,21H,1-2,6-15,17H2,(H,27,28). The number of carbonyl (C=O) groups is 2. The number of thiazole rings is 1. The first-order valence-corrected chi connectivity index (χ1v) is 13.8. The molecule has 0 unspecified atom stereocenters. The summed E-state index contributed by atoms with van der Waals surface area (Å²) in [5.74, 6) is 0.154. The Labute approximate surface area is 215 Å². The maximum Gasteiger partial charge on any atom is 0.273 e. The molecular formula is C25H33ClN6O2S. The molecule has 2 aromatic rings. The molecule has 1 N–H and O–H groups in total. The summed E-state index contributed by atoms with van der Waals surface area (Å²) in [7, 11) is 0. The van der Waals surface area contributed by atoms with Gasteiger partial charge in [-0.2, -0.15) is 0 Å². The van der Waals surface area contributed by atoms with Crippen molar-refractivity contribution in [3.05, 3.63) is 40.4 Å². The Bertz CT molecular complexity index is 1030. The number of aromatic nitrogens is 1. The predicted octanol–water partition coefficient (Wildman–Crippen LogP) is 3.38. The lowest BCUT2D eigenvalue weighted by molar-refractivity contribution is -0.134. The third kappa shape index (κ3) is 6.14. The first kappa shape index (κ1) is 24.5. The summed E-state index contributed by atoms with van der Waals surface area (Å²) in [6, 6.07) is 8.14. The first-order chi connectivity index (χ1) is 17.0. The molecule has 1 saturated carbocycles. The van der Waals surface area contributed by atoms with Gasteiger partial charge in [0.25, 0.3) is 5.91 Å². The largest absolute Gasteiger partial charge is 0.339 e. The molecular weight excluding hydrogens is 484 g/mol. The molecule has 0 radical (unpaired) electrons. The zero-order chi connectivity index (χ0) is 24.2. The van der Waals surface area contributed by atoms with Crippen molar-refractivity contribution in [2.75, 3.05) is 64.2 Å². The first-order valence-electron chi connectivity index (χ1n) is 12.6. The van der Waals surface area contributed by atoms with Crippen LogP contribution in [-0.4, -0.2) is 101 Å². The Kier molecular flexibility index (Phi) is 7.87. The summed E-state index contributed by atoms with van der Waals surface area (Å²) in [6.45, 7) is 6.74. The highest BCUT2D eigenvalue weighted by Gasteiger charge is 2.30. The molecule has 5 rings (SSSR count). The van der Waals surface area contributed by atoms with Gasteiger partial charge < -0.3 is 15.1 Å². The summed E-state index contributed by atoms with van der Waals surface area (Å²) >= 11 is 7.44. The number of anilines is 2. The van der Waals surface area contributed by atoms with Crippen molar-refractivity contribution in [2.24, 2.45) is 0 Å². The third-order valence-corrected chi connectivity index (χ3v) is 8.32. The second-order valence-electron chi connectivity index (χ2n) is 9.60. The van der Waals surface area contributed by atoms with Crippen molar-refractivity contribution in [1.29, 1.82) is 0 Å². The molecule has 1 aliphatic carbocycles.